The average molecular weight is 618 g/mol. The molecule has 2 bridgehead atoms. The lowest BCUT2D eigenvalue weighted by Crippen LogP contribution is -2.23. The Balaban J connectivity index is 1.35. The molecule has 1 saturated heterocycles. The normalized spacial score (nSPS) is 30.7. The van der Waals surface area contributed by atoms with Crippen LogP contribution in [-0.2, 0) is 52.4 Å². The standard InChI is InChI=1S/C18H21N9O8P2S2/c19-18-24-15-13(16(28)25-18)22-8-27(15)17-11-3-9(34-17)5-32-36(29,38)31-2-1-26-12(6-33-37(30,39)35-11)23-10-4-20-7-21-14(10)26/h4,7-9,11,17H,1-3,5-6H2,(H,29,38)(H,30,39)(H3,19,24,25,28)/t9-,11-,17+,36?,37?/m1/s1. The second kappa shape index (κ2) is 10.3. The van der Waals surface area contributed by atoms with E-state index in [9.17, 15) is 14.3 Å². The van der Waals surface area contributed by atoms with Gasteiger partial charge in [-0.3, -0.25) is 23.4 Å². The smallest absolute Gasteiger partial charge is 0.369 e. The third-order valence-electron chi connectivity index (χ3n) is 5.98. The number of nitrogens with zero attached hydrogens (tertiary/aromatic N) is 7. The Kier molecular flexibility index (Phi) is 7.08. The number of hydrogen-bond donors (Lipinski definition) is 4. The summed E-state index contributed by atoms with van der Waals surface area (Å²) in [4.78, 5) is 46.6. The molecule has 0 spiro atoms. The van der Waals surface area contributed by atoms with Crippen LogP contribution < -0.4 is 11.3 Å². The Hall–Kier alpha value is -2.31. The van der Waals surface area contributed by atoms with Gasteiger partial charge in [0.05, 0.1) is 31.8 Å². The minimum atomic E-state index is -3.89. The number of ether oxygens (including phenoxy) is 1. The van der Waals surface area contributed by atoms with Crippen LogP contribution in [0.1, 0.15) is 18.5 Å². The van der Waals surface area contributed by atoms with Crippen molar-refractivity contribution in [3.63, 3.8) is 0 Å². The van der Waals surface area contributed by atoms with Crippen molar-refractivity contribution in [2.24, 2.45) is 0 Å². The number of H-pyrrole nitrogens is 1. The van der Waals surface area contributed by atoms with Gasteiger partial charge in [0.25, 0.3) is 5.56 Å². The summed E-state index contributed by atoms with van der Waals surface area (Å²) < 4.78 is 44.5. The topological polar surface area (TPSA) is 217 Å². The summed E-state index contributed by atoms with van der Waals surface area (Å²) in [6.45, 7) is -8.01. The highest BCUT2D eigenvalue weighted by atomic mass is 32.7. The van der Waals surface area contributed by atoms with Gasteiger partial charge in [0.15, 0.2) is 23.0 Å². The van der Waals surface area contributed by atoms with Crippen molar-refractivity contribution in [2.45, 2.75) is 38.0 Å². The molecule has 1 fully saturated rings. The molecule has 4 N–H and O–H groups in total. The number of rotatable bonds is 1. The van der Waals surface area contributed by atoms with Crippen LogP contribution in [0.4, 0.5) is 5.95 Å². The van der Waals surface area contributed by atoms with Gasteiger partial charge >= 0.3 is 13.5 Å². The number of aromatic nitrogens is 8. The van der Waals surface area contributed by atoms with E-state index >= 15 is 0 Å². The van der Waals surface area contributed by atoms with E-state index in [1.54, 1.807) is 4.57 Å². The molecule has 0 amide bonds. The van der Waals surface area contributed by atoms with Crippen molar-refractivity contribution < 1.29 is 32.3 Å². The molecule has 0 aromatic carbocycles. The van der Waals surface area contributed by atoms with E-state index in [4.69, 9.17) is 40.4 Å². The fourth-order valence-electron chi connectivity index (χ4n) is 4.36. The van der Waals surface area contributed by atoms with Crippen molar-refractivity contribution >= 4 is 65.8 Å². The first-order valence-electron chi connectivity index (χ1n) is 11.4. The lowest BCUT2D eigenvalue weighted by atomic mass is 10.2. The first-order valence-corrected chi connectivity index (χ1v) is 16.7. The molecule has 0 radical (unpaired) electrons. The molecule has 39 heavy (non-hydrogen) atoms. The second-order valence-corrected chi connectivity index (χ2v) is 14.3. The van der Waals surface area contributed by atoms with Crippen LogP contribution in [0.15, 0.2) is 23.6 Å². The summed E-state index contributed by atoms with van der Waals surface area (Å²) in [5.41, 5.74) is 6.26. The van der Waals surface area contributed by atoms with Crippen molar-refractivity contribution in [3.8, 4) is 0 Å². The van der Waals surface area contributed by atoms with Gasteiger partial charge in [-0.1, -0.05) is 12.2 Å². The number of anilines is 1. The van der Waals surface area contributed by atoms with Crippen molar-refractivity contribution in [2.75, 3.05) is 18.9 Å². The average Bonchev–Trinajstić information content (AvgIpc) is 3.56. The fraction of sp³-hybridized carbons (Fsp3) is 0.444. The Labute approximate surface area is 229 Å². The Bertz CT molecular complexity index is 1710. The molecule has 2 unspecified atom stereocenters. The van der Waals surface area contributed by atoms with Gasteiger partial charge in [-0.05, 0) is 11.8 Å². The quantitative estimate of drug-likeness (QED) is 0.173. The van der Waals surface area contributed by atoms with Crippen LogP contribution in [0, 0.1) is 0 Å². The Morgan fingerprint density at radius 3 is 2.92 bits per heavy atom. The summed E-state index contributed by atoms with van der Waals surface area (Å²) in [5.74, 6) is 0.220. The van der Waals surface area contributed by atoms with Gasteiger partial charge in [-0.15, -0.1) is 0 Å². The lowest BCUT2D eigenvalue weighted by Gasteiger charge is -2.24. The first-order chi connectivity index (χ1) is 18.6. The molecule has 6 rings (SSSR count). The zero-order valence-electron chi connectivity index (χ0n) is 19.8. The summed E-state index contributed by atoms with van der Waals surface area (Å²) in [5, 5.41) is 0. The third-order valence-corrected chi connectivity index (χ3v) is 9.22. The van der Waals surface area contributed by atoms with Crippen molar-refractivity contribution in [1.82, 2.24) is 39.0 Å². The fourth-order valence-corrected chi connectivity index (χ4v) is 6.91. The van der Waals surface area contributed by atoms with E-state index in [1.807, 2.05) is 0 Å². The van der Waals surface area contributed by atoms with Crippen LogP contribution >= 0.6 is 25.8 Å². The number of hydrogen-bond acceptors (Lipinski definition) is 14. The highest BCUT2D eigenvalue weighted by Gasteiger charge is 2.42. The lowest BCUT2D eigenvalue weighted by molar-refractivity contribution is -0.0446. The number of thiol groups is 1. The molecule has 5 atom stereocenters. The molecule has 17 nitrogen and oxygen atoms in total. The van der Waals surface area contributed by atoms with Crippen LogP contribution in [0.3, 0.4) is 0 Å². The van der Waals surface area contributed by atoms with E-state index < -0.39 is 37.5 Å². The number of nitrogens with two attached hydrogens (primary N) is 1. The molecule has 0 aliphatic carbocycles. The Morgan fingerprint density at radius 1 is 1.23 bits per heavy atom. The predicted octanol–water partition coefficient (Wildman–Crippen LogP) is 1.03. The summed E-state index contributed by atoms with van der Waals surface area (Å²) in [7, 11) is 0. The Morgan fingerprint density at radius 2 is 2.08 bits per heavy atom. The molecule has 4 aromatic heterocycles. The van der Waals surface area contributed by atoms with Crippen LogP contribution in [0.5, 0.6) is 0 Å². The molecule has 208 valence electrons. The highest BCUT2D eigenvalue weighted by molar-refractivity contribution is 8.44. The molecular formula is C18H21N9O8P2S2. The first kappa shape index (κ1) is 26.9. The zero-order valence-corrected chi connectivity index (χ0v) is 23.3. The number of aromatic amines is 1. The van der Waals surface area contributed by atoms with Crippen LogP contribution in [0.25, 0.3) is 22.3 Å². The highest BCUT2D eigenvalue weighted by Crippen LogP contribution is 2.54. The minimum Gasteiger partial charge on any atom is -0.369 e. The minimum absolute atomic E-state index is 0.0170. The molecule has 6 heterocycles. The SMILES string of the molecule is Nc1nc2c(ncn2[C@H]2O[C@H]3COP(=O)(S)OCCn4c(nc5cncnc54)COP(O)(=S)O[C@@H]2C3)c(=O)[nH]1. The van der Waals surface area contributed by atoms with E-state index in [-0.39, 0.29) is 49.9 Å². The molecule has 2 aliphatic rings. The van der Waals surface area contributed by atoms with Crippen LogP contribution in [0.2, 0.25) is 0 Å². The van der Waals surface area contributed by atoms with Gasteiger partial charge < -0.3 is 29.0 Å². The van der Waals surface area contributed by atoms with Crippen LogP contribution in [-0.4, -0.2) is 69.4 Å². The molecule has 4 aromatic rings. The summed E-state index contributed by atoms with van der Waals surface area (Å²) >= 11 is 9.39. The van der Waals surface area contributed by atoms with Gasteiger partial charge in [0.1, 0.15) is 30.4 Å². The van der Waals surface area contributed by atoms with E-state index in [1.165, 1.54) is 23.4 Å². The number of nitrogen functional groups attached to an aromatic ring is 1. The van der Waals surface area contributed by atoms with Gasteiger partial charge in [0.2, 0.25) is 5.95 Å². The van der Waals surface area contributed by atoms with Gasteiger partial charge in [0, 0.05) is 13.0 Å². The predicted molar refractivity (Wildman–Crippen MR) is 141 cm³/mol. The van der Waals surface area contributed by atoms with E-state index in [2.05, 4.69) is 42.2 Å². The molecule has 0 saturated carbocycles. The summed E-state index contributed by atoms with van der Waals surface area (Å²) in [6, 6.07) is 0. The third kappa shape index (κ3) is 5.52. The number of nitrogens with one attached hydrogen (secondary N) is 1. The maximum absolute atomic E-state index is 12.9. The van der Waals surface area contributed by atoms with Crippen molar-refractivity contribution in [3.05, 3.63) is 35.0 Å². The number of fused-ring (bicyclic) bond motifs is 6. The maximum Gasteiger partial charge on any atom is 0.386 e. The monoisotopic (exact) mass is 617 g/mol. The van der Waals surface area contributed by atoms with Gasteiger partial charge in [-0.2, -0.15) is 4.98 Å². The second-order valence-electron chi connectivity index (χ2n) is 8.55. The molecule has 2 aliphatic heterocycles. The summed E-state index contributed by atoms with van der Waals surface area (Å²) in [6.07, 6.45) is 1.74. The van der Waals surface area contributed by atoms with E-state index in [0.717, 1.165) is 0 Å². The molecule has 21 heteroatoms. The largest absolute Gasteiger partial charge is 0.386 e. The number of imidazole rings is 2. The van der Waals surface area contributed by atoms with E-state index in [0.29, 0.717) is 17.0 Å². The van der Waals surface area contributed by atoms with Gasteiger partial charge in [-0.25, -0.2) is 24.5 Å². The zero-order chi connectivity index (χ0) is 27.4. The van der Waals surface area contributed by atoms with Crippen molar-refractivity contribution in [1.29, 1.82) is 0 Å². The molecular weight excluding hydrogens is 596 g/mol. The maximum atomic E-state index is 12.9.